The van der Waals surface area contributed by atoms with Crippen LogP contribution in [0.1, 0.15) is 106 Å². The zero-order valence-corrected chi connectivity index (χ0v) is 40.4. The molecule has 7 heterocycles. The fourth-order valence-corrected chi connectivity index (χ4v) is 12.9. The average Bonchev–Trinajstić information content (AvgIpc) is 4.05. The fourth-order valence-electron chi connectivity index (χ4n) is 9.58. The first-order chi connectivity index (χ1) is 28.7. The van der Waals surface area contributed by atoms with Gasteiger partial charge in [0.2, 0.25) is 11.9 Å². The molecule has 2 saturated carbocycles. The lowest BCUT2D eigenvalue weighted by Crippen LogP contribution is -2.51. The third-order valence-corrected chi connectivity index (χ3v) is 18.0. The van der Waals surface area contributed by atoms with Crippen LogP contribution >= 0.6 is 34.4 Å². The van der Waals surface area contributed by atoms with Gasteiger partial charge in [-0.05, 0) is 138 Å². The molecule has 2 N–H and O–H groups in total. The summed E-state index contributed by atoms with van der Waals surface area (Å²) in [6.45, 7) is 16.1. The molecule has 0 radical (unpaired) electrons. The van der Waals surface area contributed by atoms with Crippen molar-refractivity contribution in [2.24, 2.45) is 10.8 Å². The average molecular weight is 986 g/mol. The van der Waals surface area contributed by atoms with Gasteiger partial charge in [-0.25, -0.2) is 42.8 Å². The van der Waals surface area contributed by atoms with Crippen molar-refractivity contribution >= 4 is 79.5 Å². The minimum absolute atomic E-state index is 0.220. The molecule has 4 fully saturated rings. The van der Waals surface area contributed by atoms with Crippen molar-refractivity contribution in [3.63, 3.8) is 0 Å². The molecular formula is C43H60IN11O2S3. The van der Waals surface area contributed by atoms with Crippen LogP contribution < -0.4 is 19.2 Å². The normalized spacial score (nSPS) is 22.7. The van der Waals surface area contributed by atoms with Crippen LogP contribution in [0.5, 0.6) is 0 Å². The Labute approximate surface area is 377 Å². The number of anilines is 2. The Kier molecular flexibility index (Phi) is 13.0. The lowest BCUT2D eigenvalue weighted by molar-refractivity contribution is 0.187. The van der Waals surface area contributed by atoms with Crippen molar-refractivity contribution < 1.29 is 8.42 Å². The van der Waals surface area contributed by atoms with E-state index in [1.165, 1.54) is 25.7 Å². The van der Waals surface area contributed by atoms with Crippen molar-refractivity contribution in [2.75, 3.05) is 36.0 Å². The summed E-state index contributed by atoms with van der Waals surface area (Å²) in [6.07, 6.45) is 24.9. The predicted molar refractivity (Wildman–Crippen MR) is 252 cm³/mol. The maximum atomic E-state index is 12.8. The quantitative estimate of drug-likeness (QED) is 0.147. The van der Waals surface area contributed by atoms with Crippen LogP contribution in [0.25, 0.3) is 11.3 Å². The summed E-state index contributed by atoms with van der Waals surface area (Å²) in [5, 5.41) is 0.935. The minimum Gasteiger partial charge on any atom is -0.342 e. The number of piperidine rings is 2. The summed E-state index contributed by atoms with van der Waals surface area (Å²) in [5.74, 6) is 1.93. The molecule has 2 aliphatic carbocycles. The molecule has 4 aliphatic rings. The van der Waals surface area contributed by atoms with Crippen molar-refractivity contribution in [3.05, 3.63) is 65.1 Å². The molecule has 2 aliphatic heterocycles. The third-order valence-electron chi connectivity index (χ3n) is 13.1. The molecule has 324 valence electrons. The molecule has 13 nitrogen and oxygen atoms in total. The van der Waals surface area contributed by atoms with Crippen LogP contribution in [-0.2, 0) is 22.0 Å². The number of aromatic nitrogens is 7. The minimum atomic E-state index is -1.03. The molecule has 5 aromatic rings. The Morgan fingerprint density at radius 3 is 1.67 bits per heavy atom. The van der Waals surface area contributed by atoms with E-state index in [9.17, 15) is 8.42 Å². The first kappa shape index (κ1) is 43.9. The molecule has 60 heavy (non-hydrogen) atoms. The highest BCUT2D eigenvalue weighted by Crippen LogP contribution is 2.49. The number of rotatable bonds is 8. The molecular weight excluding hydrogens is 926 g/mol. The lowest BCUT2D eigenvalue weighted by atomic mass is 9.74. The van der Waals surface area contributed by atoms with E-state index in [0.717, 1.165) is 101 Å². The van der Waals surface area contributed by atoms with E-state index in [1.54, 1.807) is 18.0 Å². The zero-order valence-electron chi connectivity index (χ0n) is 35.8. The van der Waals surface area contributed by atoms with Crippen molar-refractivity contribution in [2.45, 2.75) is 137 Å². The van der Waals surface area contributed by atoms with Crippen LogP contribution in [0.3, 0.4) is 0 Å². The summed E-state index contributed by atoms with van der Waals surface area (Å²) in [4.78, 5) is 28.8. The number of hydrogen-bond donors (Lipinski definition) is 2. The topological polar surface area (TPSA) is 138 Å². The second-order valence-electron chi connectivity index (χ2n) is 18.9. The van der Waals surface area contributed by atoms with E-state index >= 15 is 0 Å². The molecule has 2 saturated heterocycles. The molecule has 17 heteroatoms. The van der Waals surface area contributed by atoms with E-state index in [1.807, 2.05) is 96.9 Å². The highest BCUT2D eigenvalue weighted by molar-refractivity contribution is 14.1. The number of fused-ring (bicyclic) bond motifs is 2. The van der Waals surface area contributed by atoms with Crippen LogP contribution in [-0.4, -0.2) is 89.9 Å². The predicted octanol–water partition coefficient (Wildman–Crippen LogP) is 7.99. The number of nitrogens with zero attached hydrogens (tertiary/aromatic N) is 9. The van der Waals surface area contributed by atoms with Crippen LogP contribution in [0, 0.1) is 14.4 Å². The van der Waals surface area contributed by atoms with Crippen molar-refractivity contribution in [1.29, 1.82) is 0 Å². The van der Waals surface area contributed by atoms with E-state index in [0.29, 0.717) is 12.1 Å². The summed E-state index contributed by atoms with van der Waals surface area (Å²) < 4.78 is 37.2. The van der Waals surface area contributed by atoms with Gasteiger partial charge in [-0.3, -0.25) is 8.80 Å². The number of nitrogens with one attached hydrogen (secondary N) is 2. The molecule has 5 aromatic heterocycles. The second kappa shape index (κ2) is 17.8. The number of pyridine rings is 1. The standard InChI is InChI=1S/C24H32N6OS2.C19H28IN5OS/c1-23(2,3)33(31)28-19-7-6-9-24(19)10-14-29(15-11-24)22-27-17-18(21-26-13-16-30(21)22)32-20-8-4-5-12-25-20;1-18(2,3)27(26)23-15-5-4-6-19(15)7-10-24(11-8-19)17-22-13-14(20)16-21-9-12-25(16)17/h4-5,8,12-13,16-17,19,28H,6-7,9-11,14-15H2,1-3H3;9,12-13,15,23H,4-8,10-11H2,1-3H3/t19-,33+;15-,27-/m11/s1. The van der Waals surface area contributed by atoms with E-state index in [2.05, 4.69) is 65.6 Å². The Bertz CT molecular complexity index is 2310. The second-order valence-corrected chi connectivity index (χ2v) is 25.1. The molecule has 0 amide bonds. The van der Waals surface area contributed by atoms with Crippen molar-refractivity contribution in [1.82, 2.24) is 43.2 Å². The monoisotopic (exact) mass is 985 g/mol. The molecule has 9 rings (SSSR count). The van der Waals surface area contributed by atoms with E-state index < -0.39 is 22.0 Å². The largest absolute Gasteiger partial charge is 0.342 e. The van der Waals surface area contributed by atoms with Gasteiger partial charge in [0.15, 0.2) is 11.3 Å². The first-order valence-corrected chi connectivity index (χ1v) is 25.6. The Morgan fingerprint density at radius 2 is 1.17 bits per heavy atom. The molecule has 0 bridgehead atoms. The van der Waals surface area contributed by atoms with Gasteiger partial charge in [-0.15, -0.1) is 0 Å². The maximum absolute atomic E-state index is 12.8. The summed E-state index contributed by atoms with van der Waals surface area (Å²) in [6, 6.07) is 6.60. The first-order valence-electron chi connectivity index (χ1n) is 21.4. The molecule has 4 atom stereocenters. The maximum Gasteiger partial charge on any atom is 0.211 e. The van der Waals surface area contributed by atoms with Gasteiger partial charge in [0, 0.05) is 81.6 Å². The number of imidazole rings is 2. The summed E-state index contributed by atoms with van der Waals surface area (Å²) in [7, 11) is -2.03. The van der Waals surface area contributed by atoms with E-state index in [4.69, 9.17) is 9.97 Å². The fraction of sp³-hybridized carbons (Fsp3) is 0.605. The lowest BCUT2D eigenvalue weighted by Gasteiger charge is -2.44. The van der Waals surface area contributed by atoms with Crippen LogP contribution in [0.15, 0.2) is 71.5 Å². The molecule has 2 spiro atoms. The number of halogens is 1. The number of hydrogen-bond acceptors (Lipinski definition) is 10. The van der Waals surface area contributed by atoms with Gasteiger partial charge in [-0.2, -0.15) is 0 Å². The van der Waals surface area contributed by atoms with Crippen molar-refractivity contribution in [3.8, 4) is 0 Å². The Hall–Kier alpha value is -2.71. The van der Waals surface area contributed by atoms with Crippen LogP contribution in [0.2, 0.25) is 0 Å². The van der Waals surface area contributed by atoms with Gasteiger partial charge < -0.3 is 9.80 Å². The van der Waals surface area contributed by atoms with Gasteiger partial charge in [0.1, 0.15) is 5.03 Å². The van der Waals surface area contributed by atoms with E-state index in [-0.39, 0.29) is 20.3 Å². The highest BCUT2D eigenvalue weighted by atomic mass is 127. The van der Waals surface area contributed by atoms with Gasteiger partial charge in [0.05, 0.1) is 39.9 Å². The molecule has 0 unspecified atom stereocenters. The van der Waals surface area contributed by atoms with Gasteiger partial charge in [-0.1, -0.05) is 30.7 Å². The Balaban J connectivity index is 0.000000170. The Morgan fingerprint density at radius 1 is 0.667 bits per heavy atom. The third kappa shape index (κ3) is 9.17. The zero-order chi connectivity index (χ0) is 42.3. The smallest absolute Gasteiger partial charge is 0.211 e. The highest BCUT2D eigenvalue weighted by Gasteiger charge is 2.47. The summed E-state index contributed by atoms with van der Waals surface area (Å²) in [5.41, 5.74) is 2.40. The van der Waals surface area contributed by atoms with Gasteiger partial charge >= 0.3 is 0 Å². The van der Waals surface area contributed by atoms with Crippen LogP contribution in [0.4, 0.5) is 11.9 Å². The van der Waals surface area contributed by atoms with Gasteiger partial charge in [0.25, 0.3) is 0 Å². The molecule has 0 aromatic carbocycles. The summed E-state index contributed by atoms with van der Waals surface area (Å²) >= 11 is 3.87. The SMILES string of the molecule is CC(C)(C)[S@@](=O)N[C@@H]1CCCC12CCN(c1ncc(I)c3nccn13)CC2.CC(C)(C)[S@](=O)N[C@@H]1CCCC12CCN(c1ncc(Sc3ccccn3)c3nccn13)CC2.